The maximum absolute atomic E-state index is 13.3. The quantitative estimate of drug-likeness (QED) is 0.459. The van der Waals surface area contributed by atoms with Gasteiger partial charge in [-0.3, -0.25) is 14.6 Å². The van der Waals surface area contributed by atoms with Crippen molar-refractivity contribution in [2.45, 2.75) is 57.8 Å². The van der Waals surface area contributed by atoms with E-state index in [0.717, 1.165) is 31.4 Å². The fraction of sp³-hybridized carbons (Fsp3) is 0.462. The van der Waals surface area contributed by atoms with Crippen molar-refractivity contribution in [2.75, 3.05) is 10.6 Å². The summed E-state index contributed by atoms with van der Waals surface area (Å²) in [5.74, 6) is -0.230. The topological polar surface area (TPSA) is 108 Å². The second kappa shape index (κ2) is 10.1. The van der Waals surface area contributed by atoms with Gasteiger partial charge >= 0.3 is 12.0 Å². The van der Waals surface area contributed by atoms with Crippen LogP contribution < -0.4 is 10.6 Å². The first-order valence-electron chi connectivity index (χ1n) is 11.9. The number of hydrogen-bond acceptors (Lipinski definition) is 4. The molecule has 180 valence electrons. The number of pyridine rings is 1. The summed E-state index contributed by atoms with van der Waals surface area (Å²) < 4.78 is 0. The van der Waals surface area contributed by atoms with Crippen LogP contribution in [0.5, 0.6) is 0 Å². The normalized spacial score (nSPS) is 26.4. The molecular weight excluding hydrogens is 454 g/mol. The summed E-state index contributed by atoms with van der Waals surface area (Å²) in [4.78, 5) is 41.5. The van der Waals surface area contributed by atoms with Crippen LogP contribution in [0.4, 0.5) is 16.2 Å². The van der Waals surface area contributed by atoms with Gasteiger partial charge in [-0.25, -0.2) is 4.79 Å². The van der Waals surface area contributed by atoms with Crippen LogP contribution in [0.2, 0.25) is 5.02 Å². The Morgan fingerprint density at radius 1 is 1.15 bits per heavy atom. The number of rotatable bonds is 6. The lowest BCUT2D eigenvalue weighted by molar-refractivity contribution is -0.151. The van der Waals surface area contributed by atoms with Gasteiger partial charge in [-0.1, -0.05) is 24.6 Å². The van der Waals surface area contributed by atoms with E-state index in [2.05, 4.69) is 15.6 Å². The molecule has 1 aromatic carbocycles. The van der Waals surface area contributed by atoms with Crippen LogP contribution in [-0.2, 0) is 9.59 Å². The Morgan fingerprint density at radius 3 is 2.62 bits per heavy atom. The Bertz CT molecular complexity index is 1070. The van der Waals surface area contributed by atoms with Gasteiger partial charge in [0.15, 0.2) is 0 Å². The van der Waals surface area contributed by atoms with E-state index in [1.807, 2.05) is 19.1 Å². The number of carboxylic acid groups (broad SMARTS) is 1. The summed E-state index contributed by atoms with van der Waals surface area (Å²) in [6.07, 6.45) is 6.24. The molecule has 0 saturated heterocycles. The Morgan fingerprint density at radius 2 is 1.94 bits per heavy atom. The number of urea groups is 1. The number of halogens is 1. The molecule has 4 unspecified atom stereocenters. The van der Waals surface area contributed by atoms with Gasteiger partial charge in [-0.15, -0.1) is 0 Å². The highest BCUT2D eigenvalue weighted by Gasteiger charge is 2.50. The molecule has 0 spiro atoms. The second-order valence-corrected chi connectivity index (χ2v) is 9.98. The summed E-state index contributed by atoms with van der Waals surface area (Å²) in [6.45, 7) is 1.93. The number of anilines is 2. The van der Waals surface area contributed by atoms with E-state index < -0.39 is 11.4 Å². The third-order valence-corrected chi connectivity index (χ3v) is 7.78. The molecule has 2 amide bonds. The van der Waals surface area contributed by atoms with Gasteiger partial charge in [0, 0.05) is 33.7 Å². The molecule has 4 atom stereocenters. The predicted molar refractivity (Wildman–Crippen MR) is 131 cm³/mol. The zero-order valence-corrected chi connectivity index (χ0v) is 20.0. The summed E-state index contributed by atoms with van der Waals surface area (Å²) in [5, 5.41) is 15.4. The zero-order chi connectivity index (χ0) is 24.3. The third kappa shape index (κ3) is 5.25. The van der Waals surface area contributed by atoms with Gasteiger partial charge in [-0.05, 0) is 74.8 Å². The molecule has 0 bridgehead atoms. The number of aromatic nitrogens is 1. The van der Waals surface area contributed by atoms with Crippen LogP contribution in [0.15, 0.2) is 42.6 Å². The number of hydrogen-bond donors (Lipinski definition) is 3. The highest BCUT2D eigenvalue weighted by atomic mass is 35.5. The van der Waals surface area contributed by atoms with Gasteiger partial charge in [0.25, 0.3) is 0 Å². The van der Waals surface area contributed by atoms with Crippen LogP contribution >= 0.6 is 11.6 Å². The largest absolute Gasteiger partial charge is 0.481 e. The van der Waals surface area contributed by atoms with Crippen LogP contribution in [0.3, 0.4) is 0 Å². The van der Waals surface area contributed by atoms with E-state index in [0.29, 0.717) is 29.2 Å². The Hall–Kier alpha value is -2.93. The van der Waals surface area contributed by atoms with Crippen molar-refractivity contribution in [1.82, 2.24) is 4.98 Å². The summed E-state index contributed by atoms with van der Waals surface area (Å²) in [6, 6.07) is 10.3. The second-order valence-electron chi connectivity index (χ2n) is 9.55. The summed E-state index contributed by atoms with van der Waals surface area (Å²) in [7, 11) is 0. The predicted octanol–water partition coefficient (Wildman–Crippen LogP) is 6.11. The summed E-state index contributed by atoms with van der Waals surface area (Å²) in [5.41, 5.74) is 1.46. The highest BCUT2D eigenvalue weighted by molar-refractivity contribution is 6.30. The molecule has 8 heteroatoms. The van der Waals surface area contributed by atoms with Crippen molar-refractivity contribution in [3.63, 3.8) is 0 Å². The van der Waals surface area contributed by atoms with Crippen LogP contribution in [0, 0.1) is 17.3 Å². The number of ketones is 1. The highest BCUT2D eigenvalue weighted by Crippen LogP contribution is 2.51. The standard InChI is InChI=1S/C26H30ClN3O4/c1-2-26(14-23(31)32)11-10-16-12-17(6-8-21(16)24(26)33)22-9-7-20(15-28-22)30-25(34)29-19-5-3-4-18(27)13-19/h3-5,7,9,13,15-17,21H,2,6,8,10-12,14H2,1H3,(H,31,32)(H2,29,30,34). The van der Waals surface area contributed by atoms with Crippen molar-refractivity contribution >= 4 is 40.8 Å². The van der Waals surface area contributed by atoms with E-state index in [4.69, 9.17) is 11.6 Å². The van der Waals surface area contributed by atoms with Crippen molar-refractivity contribution < 1.29 is 19.5 Å². The molecule has 3 N–H and O–H groups in total. The average molecular weight is 484 g/mol. The van der Waals surface area contributed by atoms with Crippen molar-refractivity contribution in [2.24, 2.45) is 17.3 Å². The number of nitrogens with zero attached hydrogens (tertiary/aromatic N) is 1. The van der Waals surface area contributed by atoms with Crippen molar-refractivity contribution in [3.8, 4) is 0 Å². The molecular formula is C26H30ClN3O4. The van der Waals surface area contributed by atoms with Gasteiger partial charge < -0.3 is 15.7 Å². The van der Waals surface area contributed by atoms with Crippen LogP contribution in [0.25, 0.3) is 0 Å². The Labute approximate surface area is 204 Å². The van der Waals surface area contributed by atoms with E-state index in [-0.39, 0.29) is 36.0 Å². The van der Waals surface area contributed by atoms with Gasteiger partial charge in [-0.2, -0.15) is 0 Å². The van der Waals surface area contributed by atoms with E-state index in [1.54, 1.807) is 30.5 Å². The first-order valence-corrected chi connectivity index (χ1v) is 12.2. The maximum Gasteiger partial charge on any atom is 0.323 e. The van der Waals surface area contributed by atoms with E-state index >= 15 is 0 Å². The number of benzene rings is 1. The molecule has 2 saturated carbocycles. The Kier molecular flexibility index (Phi) is 7.22. The van der Waals surface area contributed by atoms with Crippen LogP contribution in [0.1, 0.15) is 63.5 Å². The molecule has 7 nitrogen and oxygen atoms in total. The average Bonchev–Trinajstić information content (AvgIpc) is 2.81. The minimum absolute atomic E-state index is 0.0413. The number of amides is 2. The molecule has 4 rings (SSSR count). The number of carbonyl (C=O) groups excluding carboxylic acids is 2. The molecule has 34 heavy (non-hydrogen) atoms. The van der Waals surface area contributed by atoms with E-state index in [9.17, 15) is 19.5 Å². The zero-order valence-electron chi connectivity index (χ0n) is 19.2. The first-order chi connectivity index (χ1) is 16.3. The van der Waals surface area contributed by atoms with E-state index in [1.165, 1.54) is 0 Å². The molecule has 2 aliphatic rings. The molecule has 0 aliphatic heterocycles. The molecule has 2 fully saturated rings. The van der Waals surface area contributed by atoms with Crippen molar-refractivity contribution in [3.05, 3.63) is 53.3 Å². The molecule has 1 heterocycles. The Balaban J connectivity index is 1.35. The number of aliphatic carboxylic acids is 1. The van der Waals surface area contributed by atoms with Gasteiger partial charge in [0.05, 0.1) is 18.3 Å². The molecule has 2 aromatic rings. The fourth-order valence-corrected chi connectivity index (χ4v) is 5.89. The molecule has 0 radical (unpaired) electrons. The fourth-order valence-electron chi connectivity index (χ4n) is 5.70. The number of carboxylic acids is 1. The number of carbonyl (C=O) groups is 3. The van der Waals surface area contributed by atoms with Crippen LogP contribution in [-0.4, -0.2) is 27.9 Å². The number of fused-ring (bicyclic) bond motifs is 1. The third-order valence-electron chi connectivity index (χ3n) is 7.55. The molecule has 2 aliphatic carbocycles. The number of Topliss-reactive ketones (excluding diaryl/α,β-unsaturated/α-hetero) is 1. The monoisotopic (exact) mass is 483 g/mol. The minimum atomic E-state index is -0.888. The number of nitrogens with one attached hydrogen (secondary N) is 2. The van der Waals surface area contributed by atoms with Crippen molar-refractivity contribution in [1.29, 1.82) is 0 Å². The van der Waals surface area contributed by atoms with Gasteiger partial charge in [0.1, 0.15) is 5.78 Å². The minimum Gasteiger partial charge on any atom is -0.481 e. The lowest BCUT2D eigenvalue weighted by atomic mass is 9.57. The summed E-state index contributed by atoms with van der Waals surface area (Å²) >= 11 is 5.95. The maximum atomic E-state index is 13.3. The smallest absolute Gasteiger partial charge is 0.323 e. The lowest BCUT2D eigenvalue weighted by Gasteiger charge is -2.46. The molecule has 1 aromatic heterocycles. The van der Waals surface area contributed by atoms with Gasteiger partial charge in [0.2, 0.25) is 0 Å². The first kappa shape index (κ1) is 24.2. The SMILES string of the molecule is CCC1(CC(=O)O)CCC2CC(c3ccc(NC(=O)Nc4cccc(Cl)c4)cn3)CCC2C1=O. The lowest BCUT2D eigenvalue weighted by Crippen LogP contribution is -2.46.